The van der Waals surface area contributed by atoms with Gasteiger partial charge in [-0.15, -0.1) is 0 Å². The van der Waals surface area contributed by atoms with Gasteiger partial charge in [-0.05, 0) is 41.4 Å². The minimum Gasteiger partial charge on any atom is -0.336 e. The molecule has 1 aromatic heterocycles. The number of fused-ring (bicyclic) bond motifs is 1. The summed E-state index contributed by atoms with van der Waals surface area (Å²) in [6.45, 7) is 3.91. The van der Waals surface area contributed by atoms with Gasteiger partial charge < -0.3 is 4.90 Å². The van der Waals surface area contributed by atoms with Crippen LogP contribution < -0.4 is 0 Å². The van der Waals surface area contributed by atoms with E-state index >= 15 is 0 Å². The van der Waals surface area contributed by atoms with Crippen molar-refractivity contribution in [3.8, 4) is 0 Å². The lowest BCUT2D eigenvalue weighted by atomic mass is 9.99. The molecule has 4 nitrogen and oxygen atoms in total. The summed E-state index contributed by atoms with van der Waals surface area (Å²) in [6.07, 6.45) is 7.18. The fourth-order valence-electron chi connectivity index (χ4n) is 3.05. The second kappa shape index (κ2) is 5.59. The minimum atomic E-state index is 0.110. The lowest BCUT2D eigenvalue weighted by Gasteiger charge is -2.44. The van der Waals surface area contributed by atoms with E-state index in [9.17, 15) is 4.79 Å². The van der Waals surface area contributed by atoms with Crippen molar-refractivity contribution in [3.63, 3.8) is 0 Å². The Morgan fingerprint density at radius 1 is 1.26 bits per heavy atom. The summed E-state index contributed by atoms with van der Waals surface area (Å²) in [4.78, 5) is 21.1. The van der Waals surface area contributed by atoms with Crippen LogP contribution in [0.4, 0.5) is 0 Å². The second-order valence-electron chi connectivity index (χ2n) is 5.33. The lowest BCUT2D eigenvalue weighted by molar-refractivity contribution is 0.0372. The van der Waals surface area contributed by atoms with Crippen molar-refractivity contribution in [1.29, 1.82) is 0 Å². The normalized spacial score (nSPS) is 24.1. The summed E-state index contributed by atoms with van der Waals surface area (Å²) < 4.78 is 0.856. The average molecular weight is 324 g/mol. The fourth-order valence-corrected chi connectivity index (χ4v) is 3.42. The number of carbonyl (C=O) groups excluding carboxylic acids is 1. The molecule has 3 heterocycles. The first kappa shape index (κ1) is 13.1. The van der Waals surface area contributed by atoms with E-state index in [0.717, 1.165) is 24.1 Å². The molecule has 1 atom stereocenters. The van der Waals surface area contributed by atoms with Gasteiger partial charge in [0.05, 0.1) is 5.56 Å². The first-order chi connectivity index (χ1) is 9.24. The summed E-state index contributed by atoms with van der Waals surface area (Å²) in [7, 11) is 0. The molecule has 2 saturated heterocycles. The quantitative estimate of drug-likeness (QED) is 0.794. The number of halogens is 1. The van der Waals surface area contributed by atoms with Gasteiger partial charge in [0.2, 0.25) is 0 Å². The molecule has 102 valence electrons. The van der Waals surface area contributed by atoms with Crippen molar-refractivity contribution in [1.82, 2.24) is 14.8 Å². The van der Waals surface area contributed by atoms with Gasteiger partial charge >= 0.3 is 0 Å². The van der Waals surface area contributed by atoms with Crippen molar-refractivity contribution in [2.75, 3.05) is 26.2 Å². The Labute approximate surface area is 121 Å². The molecule has 19 heavy (non-hydrogen) atoms. The molecule has 5 heteroatoms. The van der Waals surface area contributed by atoms with Crippen LogP contribution in [0.3, 0.4) is 0 Å². The van der Waals surface area contributed by atoms with Gasteiger partial charge in [0.15, 0.2) is 0 Å². The maximum atomic E-state index is 12.5. The van der Waals surface area contributed by atoms with Crippen LogP contribution >= 0.6 is 15.9 Å². The number of rotatable bonds is 1. The summed E-state index contributed by atoms with van der Waals surface area (Å²) >= 11 is 3.37. The van der Waals surface area contributed by atoms with Gasteiger partial charge in [0.1, 0.15) is 0 Å². The Morgan fingerprint density at radius 3 is 3.00 bits per heavy atom. The lowest BCUT2D eigenvalue weighted by Crippen LogP contribution is -2.56. The minimum absolute atomic E-state index is 0.110. The van der Waals surface area contributed by atoms with Crippen molar-refractivity contribution >= 4 is 21.8 Å². The van der Waals surface area contributed by atoms with Gasteiger partial charge in [-0.25, -0.2) is 0 Å². The Kier molecular flexibility index (Phi) is 3.84. The van der Waals surface area contributed by atoms with E-state index in [1.165, 1.54) is 25.8 Å². The van der Waals surface area contributed by atoms with Crippen LogP contribution in [0.25, 0.3) is 0 Å². The second-order valence-corrected chi connectivity index (χ2v) is 6.24. The summed E-state index contributed by atoms with van der Waals surface area (Å²) in [5, 5.41) is 0. The number of piperazine rings is 1. The third kappa shape index (κ3) is 2.82. The average Bonchev–Trinajstić information content (AvgIpc) is 2.46. The monoisotopic (exact) mass is 323 g/mol. The molecule has 2 aliphatic rings. The zero-order chi connectivity index (χ0) is 13.2. The Morgan fingerprint density at radius 2 is 2.16 bits per heavy atom. The molecular formula is C14H18BrN3O. The topological polar surface area (TPSA) is 36.4 Å². The number of carbonyl (C=O) groups is 1. The van der Waals surface area contributed by atoms with Crippen LogP contribution in [0, 0.1) is 0 Å². The van der Waals surface area contributed by atoms with Crippen LogP contribution in [-0.4, -0.2) is 52.9 Å². The van der Waals surface area contributed by atoms with Crippen molar-refractivity contribution in [2.24, 2.45) is 0 Å². The van der Waals surface area contributed by atoms with Gasteiger partial charge in [0, 0.05) is 42.5 Å². The number of piperidine rings is 1. The van der Waals surface area contributed by atoms with E-state index in [1.54, 1.807) is 12.4 Å². The van der Waals surface area contributed by atoms with E-state index in [0.29, 0.717) is 11.6 Å². The summed E-state index contributed by atoms with van der Waals surface area (Å²) in [5.74, 6) is 0.110. The molecule has 0 spiro atoms. The highest BCUT2D eigenvalue weighted by molar-refractivity contribution is 9.10. The molecule has 1 aromatic rings. The standard InChI is InChI=1S/C14H18BrN3O/c15-12-7-11(8-16-9-12)14(19)18-6-5-17-4-2-1-3-13(17)10-18/h7-9,13H,1-6,10H2/t13-/m1/s1. The predicted octanol–water partition coefficient (Wildman–Crippen LogP) is 2.15. The number of hydrogen-bond acceptors (Lipinski definition) is 3. The molecule has 0 saturated carbocycles. The van der Waals surface area contributed by atoms with Crippen LogP contribution in [0.1, 0.15) is 29.6 Å². The van der Waals surface area contributed by atoms with Crippen molar-refractivity contribution < 1.29 is 4.79 Å². The number of pyridine rings is 1. The zero-order valence-electron chi connectivity index (χ0n) is 10.9. The zero-order valence-corrected chi connectivity index (χ0v) is 12.5. The van der Waals surface area contributed by atoms with Crippen LogP contribution in [0.2, 0.25) is 0 Å². The number of nitrogens with zero attached hydrogens (tertiary/aromatic N) is 3. The van der Waals surface area contributed by atoms with Crippen molar-refractivity contribution in [2.45, 2.75) is 25.3 Å². The van der Waals surface area contributed by atoms with Gasteiger partial charge in [-0.1, -0.05) is 6.42 Å². The molecule has 1 amide bonds. The molecule has 2 aliphatic heterocycles. The third-order valence-electron chi connectivity index (χ3n) is 4.08. The first-order valence-corrected chi connectivity index (χ1v) is 7.67. The Bertz CT molecular complexity index is 480. The summed E-state index contributed by atoms with van der Waals surface area (Å²) in [5.41, 5.74) is 0.679. The van der Waals surface area contributed by atoms with E-state index < -0.39 is 0 Å². The van der Waals surface area contributed by atoms with E-state index in [4.69, 9.17) is 0 Å². The molecular weight excluding hydrogens is 306 g/mol. The molecule has 3 rings (SSSR count). The molecule has 0 aromatic carbocycles. The first-order valence-electron chi connectivity index (χ1n) is 6.88. The van der Waals surface area contributed by atoms with E-state index in [-0.39, 0.29) is 5.91 Å². The summed E-state index contributed by atoms with van der Waals surface area (Å²) in [6, 6.07) is 2.41. The van der Waals surface area contributed by atoms with Crippen LogP contribution in [0.5, 0.6) is 0 Å². The highest BCUT2D eigenvalue weighted by Gasteiger charge is 2.31. The van der Waals surface area contributed by atoms with Gasteiger partial charge in [-0.2, -0.15) is 0 Å². The van der Waals surface area contributed by atoms with Crippen LogP contribution in [-0.2, 0) is 0 Å². The smallest absolute Gasteiger partial charge is 0.255 e. The maximum Gasteiger partial charge on any atom is 0.255 e. The maximum absolute atomic E-state index is 12.5. The Hall–Kier alpha value is -0.940. The van der Waals surface area contributed by atoms with E-state index in [2.05, 4.69) is 25.8 Å². The molecule has 0 radical (unpaired) electrons. The molecule has 0 aliphatic carbocycles. The number of hydrogen-bond donors (Lipinski definition) is 0. The van der Waals surface area contributed by atoms with Crippen molar-refractivity contribution in [3.05, 3.63) is 28.5 Å². The predicted molar refractivity (Wildman–Crippen MR) is 77.1 cm³/mol. The molecule has 0 N–H and O–H groups in total. The van der Waals surface area contributed by atoms with Gasteiger partial charge in [-0.3, -0.25) is 14.7 Å². The Balaban J connectivity index is 1.71. The number of amides is 1. The highest BCUT2D eigenvalue weighted by Crippen LogP contribution is 2.22. The van der Waals surface area contributed by atoms with Crippen LogP contribution in [0.15, 0.2) is 22.9 Å². The highest BCUT2D eigenvalue weighted by atomic mass is 79.9. The van der Waals surface area contributed by atoms with Gasteiger partial charge in [0.25, 0.3) is 5.91 Å². The van der Waals surface area contributed by atoms with E-state index in [1.807, 2.05) is 11.0 Å². The fraction of sp³-hybridized carbons (Fsp3) is 0.571. The largest absolute Gasteiger partial charge is 0.336 e. The SMILES string of the molecule is O=C(c1cncc(Br)c1)N1CCN2CCCC[C@@H]2C1. The molecule has 2 fully saturated rings. The molecule has 0 bridgehead atoms. The number of aromatic nitrogens is 1. The third-order valence-corrected chi connectivity index (χ3v) is 4.51. The molecule has 0 unspecified atom stereocenters.